The number of para-hydroxylation sites is 1. The smallest absolute Gasteiger partial charge is 0.265 e. The van der Waals surface area contributed by atoms with Crippen molar-refractivity contribution in [2.75, 3.05) is 5.32 Å². The Labute approximate surface area is 121 Å². The van der Waals surface area contributed by atoms with E-state index in [4.69, 9.17) is 10.00 Å². The average Bonchev–Trinajstić information content (AvgIpc) is 2.50. The van der Waals surface area contributed by atoms with E-state index in [0.29, 0.717) is 17.0 Å². The molecule has 0 saturated carbocycles. The fourth-order valence-corrected chi connectivity index (χ4v) is 1.69. The second-order valence-corrected chi connectivity index (χ2v) is 4.36. The molecule has 0 saturated heterocycles. The van der Waals surface area contributed by atoms with Gasteiger partial charge in [-0.2, -0.15) is 5.26 Å². The standard InChI is InChI=1S/C16H13FN2O2/c1-11(21-14-8-6-13(17)7-9-14)16(20)19-15-5-3-2-4-12(15)10-18/h2-9,11H,1H3,(H,19,20). The molecule has 1 amide bonds. The van der Waals surface area contributed by atoms with E-state index < -0.39 is 6.10 Å². The Morgan fingerprint density at radius 1 is 1.24 bits per heavy atom. The molecule has 21 heavy (non-hydrogen) atoms. The monoisotopic (exact) mass is 284 g/mol. The van der Waals surface area contributed by atoms with Crippen molar-refractivity contribution in [3.8, 4) is 11.8 Å². The number of carbonyl (C=O) groups excluding carboxylic acids is 1. The number of amides is 1. The normalized spacial score (nSPS) is 11.3. The summed E-state index contributed by atoms with van der Waals surface area (Å²) in [5.74, 6) is -0.364. The van der Waals surface area contributed by atoms with Crippen LogP contribution in [-0.2, 0) is 4.79 Å². The van der Waals surface area contributed by atoms with Gasteiger partial charge in [0.05, 0.1) is 11.3 Å². The summed E-state index contributed by atoms with van der Waals surface area (Å²) in [6.07, 6.45) is -0.776. The van der Waals surface area contributed by atoms with Crippen molar-refractivity contribution >= 4 is 11.6 Å². The van der Waals surface area contributed by atoms with E-state index >= 15 is 0 Å². The van der Waals surface area contributed by atoms with Gasteiger partial charge in [-0.3, -0.25) is 4.79 Å². The average molecular weight is 284 g/mol. The molecule has 4 nitrogen and oxygen atoms in total. The number of nitrogens with zero attached hydrogens (tertiary/aromatic N) is 1. The number of carbonyl (C=O) groups is 1. The molecule has 1 unspecified atom stereocenters. The molecule has 0 aliphatic heterocycles. The van der Waals surface area contributed by atoms with Crippen molar-refractivity contribution in [3.05, 3.63) is 59.9 Å². The van der Waals surface area contributed by atoms with Crippen molar-refractivity contribution in [1.82, 2.24) is 0 Å². The lowest BCUT2D eigenvalue weighted by molar-refractivity contribution is -0.122. The van der Waals surface area contributed by atoms with Crippen LogP contribution in [0.5, 0.6) is 5.75 Å². The molecule has 2 rings (SSSR count). The van der Waals surface area contributed by atoms with Gasteiger partial charge in [0, 0.05) is 0 Å². The van der Waals surface area contributed by atoms with Gasteiger partial charge in [-0.05, 0) is 43.3 Å². The maximum absolute atomic E-state index is 12.8. The van der Waals surface area contributed by atoms with Crippen LogP contribution in [0, 0.1) is 17.1 Å². The zero-order valence-corrected chi connectivity index (χ0v) is 11.3. The molecule has 5 heteroatoms. The summed E-state index contributed by atoms with van der Waals surface area (Å²) < 4.78 is 18.2. The van der Waals surface area contributed by atoms with Crippen LogP contribution in [0.1, 0.15) is 12.5 Å². The first-order valence-corrected chi connectivity index (χ1v) is 6.32. The van der Waals surface area contributed by atoms with Gasteiger partial charge < -0.3 is 10.1 Å². The van der Waals surface area contributed by atoms with Crippen LogP contribution in [-0.4, -0.2) is 12.0 Å². The Hall–Kier alpha value is -2.87. The van der Waals surface area contributed by atoms with Gasteiger partial charge in [-0.1, -0.05) is 12.1 Å². The SMILES string of the molecule is CC(Oc1ccc(F)cc1)C(=O)Nc1ccccc1C#N. The Bertz CT molecular complexity index is 677. The summed E-state index contributed by atoms with van der Waals surface area (Å²) in [7, 11) is 0. The molecule has 2 aromatic carbocycles. The highest BCUT2D eigenvalue weighted by Gasteiger charge is 2.16. The first-order chi connectivity index (χ1) is 10.1. The summed E-state index contributed by atoms with van der Waals surface area (Å²) in [5, 5.41) is 11.6. The minimum absolute atomic E-state index is 0.373. The summed E-state index contributed by atoms with van der Waals surface area (Å²) in [5.41, 5.74) is 0.805. The third-order valence-electron chi connectivity index (χ3n) is 2.80. The topological polar surface area (TPSA) is 62.1 Å². The first-order valence-electron chi connectivity index (χ1n) is 6.32. The van der Waals surface area contributed by atoms with E-state index in [0.717, 1.165) is 0 Å². The number of benzene rings is 2. The second kappa shape index (κ2) is 6.53. The maximum Gasteiger partial charge on any atom is 0.265 e. The van der Waals surface area contributed by atoms with Crippen LogP contribution >= 0.6 is 0 Å². The summed E-state index contributed by atoms with van der Waals surface area (Å²) in [4.78, 5) is 12.0. The second-order valence-electron chi connectivity index (χ2n) is 4.36. The van der Waals surface area contributed by atoms with Crippen LogP contribution in [0.2, 0.25) is 0 Å². The van der Waals surface area contributed by atoms with Crippen molar-refractivity contribution in [2.24, 2.45) is 0 Å². The highest BCUT2D eigenvalue weighted by molar-refractivity contribution is 5.95. The van der Waals surface area contributed by atoms with Crippen LogP contribution in [0.25, 0.3) is 0 Å². The maximum atomic E-state index is 12.8. The molecular weight excluding hydrogens is 271 g/mol. The fourth-order valence-electron chi connectivity index (χ4n) is 1.69. The third kappa shape index (κ3) is 3.80. The molecule has 0 bridgehead atoms. The number of nitriles is 1. The Morgan fingerprint density at radius 3 is 2.57 bits per heavy atom. The zero-order valence-electron chi connectivity index (χ0n) is 11.3. The van der Waals surface area contributed by atoms with E-state index in [1.165, 1.54) is 24.3 Å². The molecule has 0 heterocycles. The number of ether oxygens (including phenoxy) is 1. The molecule has 106 valence electrons. The lowest BCUT2D eigenvalue weighted by atomic mass is 10.2. The Morgan fingerprint density at radius 2 is 1.90 bits per heavy atom. The van der Waals surface area contributed by atoms with Gasteiger partial charge in [0.15, 0.2) is 6.10 Å². The summed E-state index contributed by atoms with van der Waals surface area (Å²) in [6.45, 7) is 1.58. The molecule has 0 aliphatic carbocycles. The van der Waals surface area contributed by atoms with Crippen LogP contribution in [0.3, 0.4) is 0 Å². The van der Waals surface area contributed by atoms with Crippen LogP contribution in [0.4, 0.5) is 10.1 Å². The molecular formula is C16H13FN2O2. The van der Waals surface area contributed by atoms with Crippen LogP contribution < -0.4 is 10.1 Å². The molecule has 0 radical (unpaired) electrons. The van der Waals surface area contributed by atoms with Crippen molar-refractivity contribution in [1.29, 1.82) is 5.26 Å². The van der Waals surface area contributed by atoms with E-state index in [-0.39, 0.29) is 11.7 Å². The first kappa shape index (κ1) is 14.5. The van der Waals surface area contributed by atoms with Gasteiger partial charge in [0.2, 0.25) is 0 Å². The third-order valence-corrected chi connectivity index (χ3v) is 2.80. The minimum atomic E-state index is -0.776. The highest BCUT2D eigenvalue weighted by Crippen LogP contribution is 2.16. The molecule has 0 aliphatic rings. The molecule has 0 spiro atoms. The Kier molecular flexibility index (Phi) is 4.52. The lowest BCUT2D eigenvalue weighted by Gasteiger charge is -2.15. The Balaban J connectivity index is 2.03. The zero-order chi connectivity index (χ0) is 15.2. The minimum Gasteiger partial charge on any atom is -0.481 e. The fraction of sp³-hybridized carbons (Fsp3) is 0.125. The largest absolute Gasteiger partial charge is 0.481 e. The summed E-state index contributed by atoms with van der Waals surface area (Å²) >= 11 is 0. The van der Waals surface area contributed by atoms with Crippen molar-refractivity contribution < 1.29 is 13.9 Å². The quantitative estimate of drug-likeness (QED) is 0.938. The van der Waals surface area contributed by atoms with Crippen LogP contribution in [0.15, 0.2) is 48.5 Å². The van der Waals surface area contributed by atoms with Gasteiger partial charge in [-0.15, -0.1) is 0 Å². The number of nitrogens with one attached hydrogen (secondary N) is 1. The predicted octanol–water partition coefficient (Wildman–Crippen LogP) is 3.10. The van der Waals surface area contributed by atoms with E-state index in [9.17, 15) is 9.18 Å². The number of rotatable bonds is 4. The number of hydrogen-bond acceptors (Lipinski definition) is 3. The van der Waals surface area contributed by atoms with Crippen molar-refractivity contribution in [2.45, 2.75) is 13.0 Å². The van der Waals surface area contributed by atoms with E-state index in [1.54, 1.807) is 31.2 Å². The lowest BCUT2D eigenvalue weighted by Crippen LogP contribution is -2.30. The molecule has 2 aromatic rings. The molecule has 1 N–H and O–H groups in total. The highest BCUT2D eigenvalue weighted by atomic mass is 19.1. The van der Waals surface area contributed by atoms with Gasteiger partial charge >= 0.3 is 0 Å². The number of hydrogen-bond donors (Lipinski definition) is 1. The molecule has 0 aromatic heterocycles. The molecule has 0 fully saturated rings. The van der Waals surface area contributed by atoms with Gasteiger partial charge in [-0.25, -0.2) is 4.39 Å². The van der Waals surface area contributed by atoms with E-state index in [1.807, 2.05) is 6.07 Å². The van der Waals surface area contributed by atoms with Crippen molar-refractivity contribution in [3.63, 3.8) is 0 Å². The van der Waals surface area contributed by atoms with Gasteiger partial charge in [0.25, 0.3) is 5.91 Å². The van der Waals surface area contributed by atoms with Gasteiger partial charge in [0.1, 0.15) is 17.6 Å². The summed E-state index contributed by atoms with van der Waals surface area (Å²) in [6, 6.07) is 14.1. The number of anilines is 1. The van der Waals surface area contributed by atoms with E-state index in [2.05, 4.69) is 5.32 Å². The number of halogens is 1. The predicted molar refractivity (Wildman–Crippen MR) is 76.3 cm³/mol. The molecule has 1 atom stereocenters.